The monoisotopic (exact) mass is 238 g/mol. The van der Waals surface area contributed by atoms with E-state index in [0.29, 0.717) is 15.6 Å². The third-order valence-corrected chi connectivity index (χ3v) is 2.69. The minimum absolute atomic E-state index is 0.135. The van der Waals surface area contributed by atoms with E-state index in [1.807, 2.05) is 18.2 Å². The summed E-state index contributed by atoms with van der Waals surface area (Å²) in [6.45, 7) is 0. The highest BCUT2D eigenvalue weighted by Gasteiger charge is 2.07. The van der Waals surface area contributed by atoms with E-state index in [0.717, 1.165) is 5.56 Å². The number of phenolic OH excluding ortho intramolecular Hbond substituents is 1. The molecule has 0 aliphatic rings. The molecule has 2 aromatic carbocycles. The Balaban J connectivity index is 2.60. The second-order valence-electron chi connectivity index (χ2n) is 3.14. The van der Waals surface area contributed by atoms with Crippen LogP contribution in [0.2, 0.25) is 10.0 Å². The Labute approximate surface area is 97.9 Å². The van der Waals surface area contributed by atoms with E-state index in [1.54, 1.807) is 18.2 Å². The fraction of sp³-hybridized carbons (Fsp3) is 0. The number of rotatable bonds is 1. The lowest BCUT2D eigenvalue weighted by Crippen LogP contribution is -1.80. The van der Waals surface area contributed by atoms with E-state index in [9.17, 15) is 5.11 Å². The molecule has 2 aromatic rings. The minimum Gasteiger partial charge on any atom is -0.507 e. The quantitative estimate of drug-likeness (QED) is 0.783. The molecule has 0 aromatic heterocycles. The third-order valence-electron chi connectivity index (χ3n) is 2.12. The van der Waals surface area contributed by atoms with Crippen LogP contribution in [0, 0.1) is 0 Å². The van der Waals surface area contributed by atoms with Crippen LogP contribution in [-0.4, -0.2) is 5.11 Å². The van der Waals surface area contributed by atoms with Gasteiger partial charge in [0.2, 0.25) is 0 Å². The lowest BCUT2D eigenvalue weighted by Gasteiger charge is -2.06. The predicted octanol–water partition coefficient (Wildman–Crippen LogP) is 4.37. The predicted molar refractivity (Wildman–Crippen MR) is 63.6 cm³/mol. The normalized spacial score (nSPS) is 10.3. The SMILES string of the molecule is Oc1cc(Cl)ccc1-c1ccccc1Cl. The molecule has 0 heterocycles. The molecule has 0 aliphatic carbocycles. The zero-order valence-electron chi connectivity index (χ0n) is 7.74. The van der Waals surface area contributed by atoms with Crippen LogP contribution in [0.4, 0.5) is 0 Å². The number of hydrogen-bond acceptors (Lipinski definition) is 1. The van der Waals surface area contributed by atoms with Gasteiger partial charge in [-0.2, -0.15) is 0 Å². The first-order valence-corrected chi connectivity index (χ1v) is 5.17. The molecule has 0 amide bonds. The molecule has 2 rings (SSSR count). The van der Waals surface area contributed by atoms with Gasteiger partial charge in [-0.05, 0) is 24.3 Å². The van der Waals surface area contributed by atoms with Crippen molar-refractivity contribution in [2.24, 2.45) is 0 Å². The Morgan fingerprint density at radius 1 is 0.867 bits per heavy atom. The van der Waals surface area contributed by atoms with Gasteiger partial charge in [0.05, 0.1) is 0 Å². The van der Waals surface area contributed by atoms with Crippen molar-refractivity contribution >= 4 is 23.2 Å². The molecular formula is C12H8Cl2O. The molecule has 0 fully saturated rings. The summed E-state index contributed by atoms with van der Waals surface area (Å²) < 4.78 is 0. The molecule has 3 heteroatoms. The Bertz CT molecular complexity index is 495. The van der Waals surface area contributed by atoms with Crippen LogP contribution in [0.3, 0.4) is 0 Å². The van der Waals surface area contributed by atoms with Crippen molar-refractivity contribution in [1.29, 1.82) is 0 Å². The second kappa shape index (κ2) is 4.13. The van der Waals surface area contributed by atoms with Gasteiger partial charge in [-0.25, -0.2) is 0 Å². The van der Waals surface area contributed by atoms with Gasteiger partial charge in [-0.15, -0.1) is 0 Å². The molecule has 1 N–H and O–H groups in total. The molecule has 15 heavy (non-hydrogen) atoms. The van der Waals surface area contributed by atoms with Gasteiger partial charge in [-0.1, -0.05) is 41.4 Å². The number of benzene rings is 2. The largest absolute Gasteiger partial charge is 0.507 e. The summed E-state index contributed by atoms with van der Waals surface area (Å²) in [4.78, 5) is 0. The van der Waals surface area contributed by atoms with Crippen LogP contribution >= 0.6 is 23.2 Å². The van der Waals surface area contributed by atoms with Crippen LogP contribution in [0.15, 0.2) is 42.5 Å². The van der Waals surface area contributed by atoms with Crippen molar-refractivity contribution in [3.63, 3.8) is 0 Å². The van der Waals surface area contributed by atoms with Crippen molar-refractivity contribution in [3.05, 3.63) is 52.5 Å². The highest BCUT2D eigenvalue weighted by molar-refractivity contribution is 6.33. The molecule has 0 saturated carbocycles. The highest BCUT2D eigenvalue weighted by atomic mass is 35.5. The van der Waals surface area contributed by atoms with E-state index in [1.165, 1.54) is 6.07 Å². The van der Waals surface area contributed by atoms with Crippen molar-refractivity contribution < 1.29 is 5.11 Å². The topological polar surface area (TPSA) is 20.2 Å². The molecule has 76 valence electrons. The number of aromatic hydroxyl groups is 1. The number of phenols is 1. The van der Waals surface area contributed by atoms with Gasteiger partial charge >= 0.3 is 0 Å². The fourth-order valence-corrected chi connectivity index (χ4v) is 1.82. The zero-order valence-corrected chi connectivity index (χ0v) is 9.26. The van der Waals surface area contributed by atoms with E-state index in [4.69, 9.17) is 23.2 Å². The summed E-state index contributed by atoms with van der Waals surface area (Å²) in [6, 6.07) is 12.3. The first-order valence-electron chi connectivity index (χ1n) is 4.42. The molecule has 0 radical (unpaired) electrons. The minimum atomic E-state index is 0.135. The maximum Gasteiger partial charge on any atom is 0.124 e. The van der Waals surface area contributed by atoms with Crippen molar-refractivity contribution in [1.82, 2.24) is 0 Å². The maximum absolute atomic E-state index is 9.73. The standard InChI is InChI=1S/C12H8Cl2O/c13-8-5-6-10(12(15)7-8)9-3-1-2-4-11(9)14/h1-7,15H. The molecule has 0 atom stereocenters. The lowest BCUT2D eigenvalue weighted by atomic mass is 10.0. The van der Waals surface area contributed by atoms with Crippen LogP contribution in [0.5, 0.6) is 5.75 Å². The van der Waals surface area contributed by atoms with Gasteiger partial charge in [0.1, 0.15) is 5.75 Å². The Hall–Kier alpha value is -1.18. The first kappa shape index (κ1) is 10.3. The Kier molecular flexibility index (Phi) is 2.85. The first-order chi connectivity index (χ1) is 7.18. The summed E-state index contributed by atoms with van der Waals surface area (Å²) in [5.41, 5.74) is 1.48. The average Bonchev–Trinajstić information content (AvgIpc) is 2.20. The van der Waals surface area contributed by atoms with Crippen LogP contribution < -0.4 is 0 Å². The van der Waals surface area contributed by atoms with Gasteiger partial charge in [0.15, 0.2) is 0 Å². The molecule has 0 spiro atoms. The highest BCUT2D eigenvalue weighted by Crippen LogP contribution is 2.35. The summed E-state index contributed by atoms with van der Waals surface area (Å²) in [7, 11) is 0. The van der Waals surface area contributed by atoms with E-state index in [-0.39, 0.29) is 5.75 Å². The van der Waals surface area contributed by atoms with Gasteiger partial charge in [0, 0.05) is 21.2 Å². The molecule has 0 unspecified atom stereocenters. The fourth-order valence-electron chi connectivity index (χ4n) is 1.41. The van der Waals surface area contributed by atoms with Crippen molar-refractivity contribution in [2.75, 3.05) is 0 Å². The van der Waals surface area contributed by atoms with E-state index in [2.05, 4.69) is 0 Å². The molecule has 0 aliphatic heterocycles. The molecule has 0 bridgehead atoms. The lowest BCUT2D eigenvalue weighted by molar-refractivity contribution is 0.477. The van der Waals surface area contributed by atoms with Gasteiger partial charge < -0.3 is 5.11 Å². The smallest absolute Gasteiger partial charge is 0.124 e. The summed E-state index contributed by atoms with van der Waals surface area (Å²) in [6.07, 6.45) is 0. The number of halogens is 2. The summed E-state index contributed by atoms with van der Waals surface area (Å²) in [5, 5.41) is 10.8. The summed E-state index contributed by atoms with van der Waals surface area (Å²) >= 11 is 11.8. The van der Waals surface area contributed by atoms with Gasteiger partial charge in [-0.3, -0.25) is 0 Å². The number of hydrogen-bond donors (Lipinski definition) is 1. The third kappa shape index (κ3) is 2.09. The molecule has 0 saturated heterocycles. The Morgan fingerprint density at radius 2 is 1.60 bits per heavy atom. The van der Waals surface area contributed by atoms with E-state index < -0.39 is 0 Å². The van der Waals surface area contributed by atoms with Gasteiger partial charge in [0.25, 0.3) is 0 Å². The van der Waals surface area contributed by atoms with Crippen LogP contribution in [0.25, 0.3) is 11.1 Å². The molecule has 1 nitrogen and oxygen atoms in total. The average molecular weight is 239 g/mol. The van der Waals surface area contributed by atoms with Crippen molar-refractivity contribution in [2.45, 2.75) is 0 Å². The zero-order chi connectivity index (χ0) is 10.8. The maximum atomic E-state index is 9.73. The summed E-state index contributed by atoms with van der Waals surface area (Å²) in [5.74, 6) is 0.135. The van der Waals surface area contributed by atoms with Crippen molar-refractivity contribution in [3.8, 4) is 16.9 Å². The molecular weight excluding hydrogens is 231 g/mol. The Morgan fingerprint density at radius 3 is 2.27 bits per heavy atom. The second-order valence-corrected chi connectivity index (χ2v) is 3.98. The van der Waals surface area contributed by atoms with E-state index >= 15 is 0 Å². The van der Waals surface area contributed by atoms with Crippen LogP contribution in [0.1, 0.15) is 0 Å². The van der Waals surface area contributed by atoms with Crippen LogP contribution in [-0.2, 0) is 0 Å².